The standard InChI is InChI=1S/C26H24N2O4S/c29-26(27-17-7-2-8-18-27)25-19-28(23-11-5-6-12-24(23)33(25,30)31)20-13-15-22(16-14-20)32-21-9-3-1-4-10-21/h1,3-6,9-16,19H,2,7-8,17-18H2. The number of rotatable bonds is 4. The highest BCUT2D eigenvalue weighted by Crippen LogP contribution is 2.40. The molecule has 0 radical (unpaired) electrons. The Kier molecular flexibility index (Phi) is 5.64. The van der Waals surface area contributed by atoms with Gasteiger partial charge in [-0.1, -0.05) is 30.3 Å². The molecule has 0 aromatic heterocycles. The number of benzene rings is 3. The van der Waals surface area contributed by atoms with Gasteiger partial charge >= 0.3 is 0 Å². The highest BCUT2D eigenvalue weighted by molar-refractivity contribution is 7.96. The number of hydrogen-bond acceptors (Lipinski definition) is 5. The summed E-state index contributed by atoms with van der Waals surface area (Å²) in [4.78, 5) is 16.6. The van der Waals surface area contributed by atoms with E-state index in [0.29, 0.717) is 24.5 Å². The lowest BCUT2D eigenvalue weighted by molar-refractivity contribution is -0.127. The molecule has 7 heteroatoms. The molecule has 2 heterocycles. The molecule has 0 atom stereocenters. The SMILES string of the molecule is O=C(C1=CN(c2ccc(Oc3ccccc3)cc2)c2ccccc2S1(=O)=O)N1CCCCC1. The Morgan fingerprint density at radius 3 is 2.12 bits per heavy atom. The van der Waals surface area contributed by atoms with Crippen LogP contribution in [0.2, 0.25) is 0 Å². The van der Waals surface area contributed by atoms with Crippen molar-refractivity contribution in [2.45, 2.75) is 24.2 Å². The van der Waals surface area contributed by atoms with Gasteiger partial charge in [-0.25, -0.2) is 8.42 Å². The van der Waals surface area contributed by atoms with E-state index in [4.69, 9.17) is 4.74 Å². The van der Waals surface area contributed by atoms with Crippen LogP contribution >= 0.6 is 0 Å². The molecule has 1 saturated heterocycles. The number of anilines is 2. The van der Waals surface area contributed by atoms with E-state index in [1.54, 1.807) is 34.1 Å². The van der Waals surface area contributed by atoms with Crippen LogP contribution in [0.4, 0.5) is 11.4 Å². The van der Waals surface area contributed by atoms with Gasteiger partial charge in [0.15, 0.2) is 4.91 Å². The van der Waals surface area contributed by atoms with Crippen molar-refractivity contribution in [2.75, 3.05) is 18.0 Å². The number of carbonyl (C=O) groups is 1. The van der Waals surface area contributed by atoms with Gasteiger partial charge in [-0.2, -0.15) is 0 Å². The lowest BCUT2D eigenvalue weighted by Crippen LogP contribution is -2.39. The summed E-state index contributed by atoms with van der Waals surface area (Å²) < 4.78 is 32.6. The van der Waals surface area contributed by atoms with E-state index in [-0.39, 0.29) is 9.80 Å². The summed E-state index contributed by atoms with van der Waals surface area (Å²) in [7, 11) is -3.92. The first-order valence-electron chi connectivity index (χ1n) is 11.0. The summed E-state index contributed by atoms with van der Waals surface area (Å²) in [5, 5.41) is 0. The number of para-hydroxylation sites is 2. The topological polar surface area (TPSA) is 66.9 Å². The fraction of sp³-hybridized carbons (Fsp3) is 0.192. The summed E-state index contributed by atoms with van der Waals surface area (Å²) in [6.07, 6.45) is 4.30. The summed E-state index contributed by atoms with van der Waals surface area (Å²) >= 11 is 0. The van der Waals surface area contributed by atoms with Gasteiger partial charge in [0.25, 0.3) is 5.91 Å². The monoisotopic (exact) mass is 460 g/mol. The molecule has 2 aliphatic rings. The van der Waals surface area contributed by atoms with Gasteiger partial charge in [0.2, 0.25) is 9.84 Å². The maximum atomic E-state index is 13.4. The molecule has 1 fully saturated rings. The first-order chi connectivity index (χ1) is 16.0. The summed E-state index contributed by atoms with van der Waals surface area (Å²) in [5.41, 5.74) is 1.26. The molecule has 0 aliphatic carbocycles. The molecule has 168 valence electrons. The average molecular weight is 461 g/mol. The molecule has 2 aliphatic heterocycles. The molecule has 5 rings (SSSR count). The minimum absolute atomic E-state index is 0.137. The molecule has 0 spiro atoms. The number of likely N-dealkylation sites (tertiary alicyclic amines) is 1. The minimum Gasteiger partial charge on any atom is -0.457 e. The van der Waals surface area contributed by atoms with E-state index >= 15 is 0 Å². The maximum Gasteiger partial charge on any atom is 0.267 e. The predicted molar refractivity (Wildman–Crippen MR) is 127 cm³/mol. The Hall–Kier alpha value is -3.58. The zero-order valence-electron chi connectivity index (χ0n) is 18.1. The van der Waals surface area contributed by atoms with Crippen LogP contribution in [0.1, 0.15) is 19.3 Å². The smallest absolute Gasteiger partial charge is 0.267 e. The summed E-state index contributed by atoms with van der Waals surface area (Å²) in [6, 6.07) is 23.6. The van der Waals surface area contributed by atoms with Crippen LogP contribution in [-0.4, -0.2) is 32.3 Å². The van der Waals surface area contributed by atoms with Gasteiger partial charge < -0.3 is 14.5 Å². The van der Waals surface area contributed by atoms with Gasteiger partial charge in [0.1, 0.15) is 11.5 Å². The van der Waals surface area contributed by atoms with Crippen molar-refractivity contribution in [1.82, 2.24) is 4.90 Å². The third kappa shape index (κ3) is 4.12. The Morgan fingerprint density at radius 2 is 1.39 bits per heavy atom. The third-order valence-electron chi connectivity index (χ3n) is 5.90. The van der Waals surface area contributed by atoms with Crippen LogP contribution in [0.25, 0.3) is 0 Å². The third-order valence-corrected chi connectivity index (χ3v) is 7.68. The lowest BCUT2D eigenvalue weighted by Gasteiger charge is -2.32. The second-order valence-electron chi connectivity index (χ2n) is 8.10. The van der Waals surface area contributed by atoms with Crippen molar-refractivity contribution in [3.05, 3.63) is 90.0 Å². The molecule has 0 unspecified atom stereocenters. The molecule has 3 aromatic carbocycles. The average Bonchev–Trinajstić information content (AvgIpc) is 2.86. The van der Waals surface area contributed by atoms with Crippen molar-refractivity contribution >= 4 is 27.1 Å². The Morgan fingerprint density at radius 1 is 0.758 bits per heavy atom. The van der Waals surface area contributed by atoms with Gasteiger partial charge in [-0.3, -0.25) is 4.79 Å². The van der Waals surface area contributed by atoms with Gasteiger partial charge in [0.05, 0.1) is 10.6 Å². The highest BCUT2D eigenvalue weighted by Gasteiger charge is 2.37. The number of ether oxygens (including phenoxy) is 1. The Balaban J connectivity index is 1.51. The fourth-order valence-corrected chi connectivity index (χ4v) is 5.73. The van der Waals surface area contributed by atoms with Crippen LogP contribution in [0.15, 0.2) is 94.9 Å². The van der Waals surface area contributed by atoms with Crippen LogP contribution in [-0.2, 0) is 14.6 Å². The quantitative estimate of drug-likeness (QED) is 0.531. The lowest BCUT2D eigenvalue weighted by atomic mass is 10.1. The number of hydrogen-bond donors (Lipinski definition) is 0. The molecular weight excluding hydrogens is 436 g/mol. The van der Waals surface area contributed by atoms with E-state index in [1.165, 1.54) is 6.20 Å². The molecule has 0 bridgehead atoms. The van der Waals surface area contributed by atoms with Crippen molar-refractivity contribution in [3.63, 3.8) is 0 Å². The van der Waals surface area contributed by atoms with E-state index in [0.717, 1.165) is 30.7 Å². The first kappa shape index (κ1) is 21.3. The number of amides is 1. The highest BCUT2D eigenvalue weighted by atomic mass is 32.2. The Labute approximate surface area is 193 Å². The van der Waals surface area contributed by atoms with Gasteiger partial charge in [-0.15, -0.1) is 0 Å². The maximum absolute atomic E-state index is 13.4. The summed E-state index contributed by atoms with van der Waals surface area (Å²) in [5.74, 6) is 0.962. The zero-order valence-corrected chi connectivity index (χ0v) is 18.9. The molecule has 0 saturated carbocycles. The Bertz CT molecular complexity index is 1300. The van der Waals surface area contributed by atoms with Crippen molar-refractivity contribution in [2.24, 2.45) is 0 Å². The summed E-state index contributed by atoms with van der Waals surface area (Å²) in [6.45, 7) is 1.16. The second-order valence-corrected chi connectivity index (χ2v) is 9.98. The number of nitrogens with zero attached hydrogens (tertiary/aromatic N) is 2. The minimum atomic E-state index is -3.92. The van der Waals surface area contributed by atoms with E-state index in [9.17, 15) is 13.2 Å². The fourth-order valence-electron chi connectivity index (χ4n) is 4.19. The van der Waals surface area contributed by atoms with Crippen molar-refractivity contribution < 1.29 is 17.9 Å². The van der Waals surface area contributed by atoms with Crippen molar-refractivity contribution in [1.29, 1.82) is 0 Å². The number of sulfone groups is 1. The van der Waals surface area contributed by atoms with E-state index in [2.05, 4.69) is 0 Å². The van der Waals surface area contributed by atoms with E-state index < -0.39 is 15.7 Å². The van der Waals surface area contributed by atoms with Gasteiger partial charge in [-0.05, 0) is 67.8 Å². The van der Waals surface area contributed by atoms with Crippen LogP contribution < -0.4 is 9.64 Å². The molecule has 3 aromatic rings. The van der Waals surface area contributed by atoms with Gasteiger partial charge in [0, 0.05) is 25.0 Å². The number of carbonyl (C=O) groups excluding carboxylic acids is 1. The molecule has 0 N–H and O–H groups in total. The molecular formula is C26H24N2O4S. The first-order valence-corrected chi connectivity index (χ1v) is 12.5. The van der Waals surface area contributed by atoms with Crippen LogP contribution in [0.5, 0.6) is 11.5 Å². The molecule has 1 amide bonds. The van der Waals surface area contributed by atoms with Crippen LogP contribution in [0, 0.1) is 0 Å². The largest absolute Gasteiger partial charge is 0.457 e. The van der Waals surface area contributed by atoms with Crippen molar-refractivity contribution in [3.8, 4) is 11.5 Å². The van der Waals surface area contributed by atoms with Crippen LogP contribution in [0.3, 0.4) is 0 Å². The zero-order chi connectivity index (χ0) is 22.8. The van der Waals surface area contributed by atoms with E-state index in [1.807, 2.05) is 54.6 Å². The number of fused-ring (bicyclic) bond motifs is 1. The molecule has 33 heavy (non-hydrogen) atoms. The molecule has 6 nitrogen and oxygen atoms in total. The number of piperidine rings is 1. The normalized spacial score (nSPS) is 17.2. The second kappa shape index (κ2) is 8.75. The predicted octanol–water partition coefficient (Wildman–Crippen LogP) is 5.26.